The zero-order valence-corrected chi connectivity index (χ0v) is 19.1. The van der Waals surface area contributed by atoms with Gasteiger partial charge < -0.3 is 9.73 Å². The maximum Gasteiger partial charge on any atom is 0.231 e. The second kappa shape index (κ2) is 8.57. The lowest BCUT2D eigenvalue weighted by molar-refractivity contribution is -0.115. The molecule has 2 heterocycles. The van der Waals surface area contributed by atoms with Crippen molar-refractivity contribution in [2.75, 3.05) is 5.32 Å². The predicted molar refractivity (Wildman–Crippen MR) is 138 cm³/mol. The number of nitrogens with zero attached hydrogens (tertiary/aromatic N) is 2. The number of fused-ring (bicyclic) bond motifs is 2. The number of aromatic amines is 1. The fraction of sp³-hybridized carbons (Fsp3) is 0.0690. The Morgan fingerprint density at radius 3 is 2.57 bits per heavy atom. The van der Waals surface area contributed by atoms with Gasteiger partial charge in [0.15, 0.2) is 5.58 Å². The number of aromatic nitrogens is 3. The van der Waals surface area contributed by atoms with E-state index in [0.717, 1.165) is 38.6 Å². The van der Waals surface area contributed by atoms with E-state index in [4.69, 9.17) is 9.40 Å². The van der Waals surface area contributed by atoms with Gasteiger partial charge >= 0.3 is 0 Å². The third-order valence-electron chi connectivity index (χ3n) is 6.03. The van der Waals surface area contributed by atoms with Crippen LogP contribution in [0.4, 0.5) is 5.69 Å². The van der Waals surface area contributed by atoms with Crippen LogP contribution in [0.2, 0.25) is 0 Å². The molecule has 0 unspecified atom stereocenters. The van der Waals surface area contributed by atoms with Gasteiger partial charge in [-0.15, -0.1) is 0 Å². The molecule has 0 saturated heterocycles. The van der Waals surface area contributed by atoms with Gasteiger partial charge in [-0.1, -0.05) is 66.2 Å². The number of carbonyl (C=O) groups is 1. The fourth-order valence-corrected chi connectivity index (χ4v) is 4.24. The number of amides is 1. The van der Waals surface area contributed by atoms with E-state index < -0.39 is 0 Å². The number of H-pyrrole nitrogens is 1. The molecule has 0 radical (unpaired) electrons. The van der Waals surface area contributed by atoms with Gasteiger partial charge in [-0.05, 0) is 47.5 Å². The largest absolute Gasteiger partial charge is 0.436 e. The molecule has 2 aromatic heterocycles. The summed E-state index contributed by atoms with van der Waals surface area (Å²) in [5, 5.41) is 12.6. The highest BCUT2D eigenvalue weighted by Gasteiger charge is 2.17. The highest BCUT2D eigenvalue weighted by Crippen LogP contribution is 2.34. The Kier molecular flexibility index (Phi) is 5.11. The number of hydrogen-bond acceptors (Lipinski definition) is 4. The van der Waals surface area contributed by atoms with Crippen molar-refractivity contribution in [3.63, 3.8) is 0 Å². The SMILES string of the molecule is Cc1ccc(CC(=O)Nc2cccc(-c3n[nH]cc3-c3nc4cc5ccccc5cc4o3)c2)cc1. The minimum atomic E-state index is -0.0701. The predicted octanol–water partition coefficient (Wildman–Crippen LogP) is 6.53. The van der Waals surface area contributed by atoms with E-state index in [2.05, 4.69) is 27.6 Å². The molecule has 0 bridgehead atoms. The normalized spacial score (nSPS) is 11.2. The Labute approximate surface area is 201 Å². The van der Waals surface area contributed by atoms with E-state index in [1.807, 2.05) is 79.7 Å². The monoisotopic (exact) mass is 458 g/mol. The molecular formula is C29H22N4O2. The molecule has 1 amide bonds. The molecule has 4 aromatic carbocycles. The molecule has 35 heavy (non-hydrogen) atoms. The number of oxazole rings is 1. The molecule has 0 saturated carbocycles. The van der Waals surface area contributed by atoms with Gasteiger partial charge in [0.1, 0.15) is 11.2 Å². The van der Waals surface area contributed by atoms with Gasteiger partial charge in [-0.2, -0.15) is 5.10 Å². The Morgan fingerprint density at radius 1 is 0.943 bits per heavy atom. The number of nitrogens with one attached hydrogen (secondary N) is 2. The summed E-state index contributed by atoms with van der Waals surface area (Å²) in [6.45, 7) is 2.03. The van der Waals surface area contributed by atoms with Crippen molar-refractivity contribution in [3.05, 3.63) is 102 Å². The van der Waals surface area contributed by atoms with Crippen LogP contribution in [0, 0.1) is 6.92 Å². The van der Waals surface area contributed by atoms with E-state index in [1.165, 1.54) is 5.56 Å². The Bertz CT molecular complexity index is 1630. The quantitative estimate of drug-likeness (QED) is 0.308. The number of hydrogen-bond donors (Lipinski definition) is 2. The molecule has 0 aliphatic carbocycles. The van der Waals surface area contributed by atoms with Crippen LogP contribution in [0.5, 0.6) is 0 Å². The van der Waals surface area contributed by atoms with Gasteiger partial charge in [0, 0.05) is 17.4 Å². The average Bonchev–Trinajstić information content (AvgIpc) is 3.51. The highest BCUT2D eigenvalue weighted by atomic mass is 16.3. The summed E-state index contributed by atoms with van der Waals surface area (Å²) in [5.74, 6) is 0.423. The van der Waals surface area contributed by atoms with Gasteiger partial charge in [-0.25, -0.2) is 4.98 Å². The summed E-state index contributed by atoms with van der Waals surface area (Å²) < 4.78 is 6.11. The zero-order valence-electron chi connectivity index (χ0n) is 19.1. The van der Waals surface area contributed by atoms with Crippen LogP contribution in [-0.4, -0.2) is 21.1 Å². The smallest absolute Gasteiger partial charge is 0.231 e. The lowest BCUT2D eigenvalue weighted by atomic mass is 10.1. The maximum absolute atomic E-state index is 12.6. The van der Waals surface area contributed by atoms with Gasteiger partial charge in [0.2, 0.25) is 11.8 Å². The maximum atomic E-state index is 12.6. The van der Waals surface area contributed by atoms with Crippen molar-refractivity contribution >= 4 is 33.5 Å². The third kappa shape index (κ3) is 4.17. The van der Waals surface area contributed by atoms with Crippen LogP contribution in [-0.2, 0) is 11.2 Å². The average molecular weight is 459 g/mol. The number of carbonyl (C=O) groups excluding carboxylic acids is 1. The minimum Gasteiger partial charge on any atom is -0.436 e. The van der Waals surface area contributed by atoms with Crippen molar-refractivity contribution in [1.82, 2.24) is 15.2 Å². The zero-order chi connectivity index (χ0) is 23.8. The molecule has 0 spiro atoms. The number of anilines is 1. The molecule has 0 atom stereocenters. The molecule has 6 nitrogen and oxygen atoms in total. The van der Waals surface area contributed by atoms with Gasteiger partial charge in [0.05, 0.1) is 12.0 Å². The first-order valence-electron chi connectivity index (χ1n) is 11.4. The first-order valence-corrected chi connectivity index (χ1v) is 11.4. The molecule has 6 rings (SSSR count). The van der Waals surface area contributed by atoms with E-state index in [0.29, 0.717) is 23.7 Å². The van der Waals surface area contributed by atoms with Gasteiger partial charge in [-0.3, -0.25) is 9.89 Å². The lowest BCUT2D eigenvalue weighted by Gasteiger charge is -2.08. The van der Waals surface area contributed by atoms with Crippen LogP contribution < -0.4 is 5.32 Å². The van der Waals surface area contributed by atoms with Crippen molar-refractivity contribution in [1.29, 1.82) is 0 Å². The molecule has 0 aliphatic rings. The molecule has 170 valence electrons. The summed E-state index contributed by atoms with van der Waals surface area (Å²) in [4.78, 5) is 17.3. The molecule has 0 fully saturated rings. The molecule has 6 heteroatoms. The molecular weight excluding hydrogens is 436 g/mol. The van der Waals surface area contributed by atoms with E-state index in [1.54, 1.807) is 6.20 Å². The van der Waals surface area contributed by atoms with Crippen molar-refractivity contribution in [2.24, 2.45) is 0 Å². The standard InChI is InChI=1S/C29H22N4O2/c1-18-9-11-19(12-10-18)13-27(34)31-23-8-4-7-22(14-23)28-24(17-30-33-28)29-32-25-15-20-5-2-3-6-21(20)16-26(25)35-29/h2-12,14-17H,13H2,1H3,(H,30,33)(H,31,34). The Morgan fingerprint density at radius 2 is 1.74 bits per heavy atom. The van der Waals surface area contributed by atoms with Crippen molar-refractivity contribution in [2.45, 2.75) is 13.3 Å². The summed E-state index contributed by atoms with van der Waals surface area (Å²) in [7, 11) is 0. The summed E-state index contributed by atoms with van der Waals surface area (Å²) in [6.07, 6.45) is 2.10. The van der Waals surface area contributed by atoms with E-state index in [-0.39, 0.29) is 5.91 Å². The number of aryl methyl sites for hydroxylation is 1. The molecule has 2 N–H and O–H groups in total. The second-order valence-corrected chi connectivity index (χ2v) is 8.62. The van der Waals surface area contributed by atoms with E-state index in [9.17, 15) is 4.79 Å². The van der Waals surface area contributed by atoms with Crippen LogP contribution in [0.15, 0.2) is 95.5 Å². The number of benzene rings is 4. The van der Waals surface area contributed by atoms with Gasteiger partial charge in [0.25, 0.3) is 0 Å². The van der Waals surface area contributed by atoms with Crippen LogP contribution in [0.1, 0.15) is 11.1 Å². The number of rotatable bonds is 5. The van der Waals surface area contributed by atoms with Crippen LogP contribution in [0.25, 0.3) is 44.6 Å². The Hall–Kier alpha value is -4.71. The van der Waals surface area contributed by atoms with Crippen molar-refractivity contribution < 1.29 is 9.21 Å². The molecule has 0 aliphatic heterocycles. The Balaban J connectivity index is 1.28. The first kappa shape index (κ1) is 20.9. The summed E-state index contributed by atoms with van der Waals surface area (Å²) in [5.41, 5.74) is 6.68. The van der Waals surface area contributed by atoms with E-state index >= 15 is 0 Å². The highest BCUT2D eigenvalue weighted by molar-refractivity contribution is 5.96. The second-order valence-electron chi connectivity index (χ2n) is 8.62. The van der Waals surface area contributed by atoms with Crippen LogP contribution in [0.3, 0.4) is 0 Å². The first-order chi connectivity index (χ1) is 17.1. The topological polar surface area (TPSA) is 83.8 Å². The fourth-order valence-electron chi connectivity index (χ4n) is 4.24. The molecule has 6 aromatic rings. The summed E-state index contributed by atoms with van der Waals surface area (Å²) in [6, 6.07) is 27.8. The minimum absolute atomic E-state index is 0.0701. The van der Waals surface area contributed by atoms with Crippen molar-refractivity contribution in [3.8, 4) is 22.7 Å². The third-order valence-corrected chi connectivity index (χ3v) is 6.03. The summed E-state index contributed by atoms with van der Waals surface area (Å²) >= 11 is 0. The van der Waals surface area contributed by atoms with Crippen LogP contribution >= 0.6 is 0 Å². The lowest BCUT2D eigenvalue weighted by Crippen LogP contribution is -2.14.